The van der Waals surface area contributed by atoms with Gasteiger partial charge in [-0.3, -0.25) is 9.78 Å². The Morgan fingerprint density at radius 2 is 1.97 bits per heavy atom. The van der Waals surface area contributed by atoms with Crippen LogP contribution in [-0.4, -0.2) is 23.0 Å². The van der Waals surface area contributed by atoms with E-state index in [-0.39, 0.29) is 11.2 Å². The summed E-state index contributed by atoms with van der Waals surface area (Å²) >= 11 is 0. The normalized spacial score (nSPS) is 11.8. The lowest BCUT2D eigenvalue weighted by atomic mass is 9.96. The number of fused-ring (bicyclic) bond motifs is 4. The molecule has 7 nitrogen and oxygen atoms in total. The highest BCUT2D eigenvalue weighted by Gasteiger charge is 2.18. The molecule has 0 atom stereocenters. The highest BCUT2D eigenvalue weighted by Crippen LogP contribution is 2.32. The first kappa shape index (κ1) is 21.7. The van der Waals surface area contributed by atoms with E-state index in [4.69, 9.17) is 6.42 Å². The molecule has 5 aromatic rings. The number of hydrogen-bond donors (Lipinski definition) is 1. The average Bonchev–Trinajstić information content (AvgIpc) is 3.20. The van der Waals surface area contributed by atoms with Crippen molar-refractivity contribution in [3.05, 3.63) is 70.1 Å². The van der Waals surface area contributed by atoms with Crippen LogP contribution in [0.3, 0.4) is 0 Å². The molecule has 34 heavy (non-hydrogen) atoms. The van der Waals surface area contributed by atoms with E-state index in [0.717, 1.165) is 28.2 Å². The number of pyridine rings is 2. The Morgan fingerprint density at radius 1 is 1.18 bits per heavy atom. The SMILES string of the molecule is C#Cc1ccc2c(c1)[nH]c1c2c(=O)c2cc(CC)c(-c3cncc(OS(=O)(=O)F)c3)cc2n1C. The highest BCUT2D eigenvalue weighted by atomic mass is 32.3. The second kappa shape index (κ2) is 7.71. The summed E-state index contributed by atoms with van der Waals surface area (Å²) in [6.07, 6.45) is 8.76. The van der Waals surface area contributed by atoms with Crippen molar-refractivity contribution in [2.75, 3.05) is 0 Å². The second-order valence-electron chi connectivity index (χ2n) is 7.91. The predicted octanol–water partition coefficient (Wildman–Crippen LogP) is 4.37. The minimum atomic E-state index is -5.18. The van der Waals surface area contributed by atoms with Gasteiger partial charge in [0.05, 0.1) is 17.1 Å². The molecule has 0 radical (unpaired) electrons. The number of aromatic nitrogens is 3. The summed E-state index contributed by atoms with van der Waals surface area (Å²) in [5.74, 6) is 2.36. The van der Waals surface area contributed by atoms with Gasteiger partial charge in [-0.05, 0) is 47.9 Å². The van der Waals surface area contributed by atoms with E-state index in [1.807, 2.05) is 42.8 Å². The van der Waals surface area contributed by atoms with Crippen LogP contribution in [0.15, 0.2) is 53.6 Å². The topological polar surface area (TPSA) is 94.1 Å². The van der Waals surface area contributed by atoms with Crippen molar-refractivity contribution in [1.82, 2.24) is 14.5 Å². The maximum Gasteiger partial charge on any atom is 0.488 e. The fourth-order valence-electron chi connectivity index (χ4n) is 4.39. The van der Waals surface area contributed by atoms with Crippen LogP contribution in [0.25, 0.3) is 44.0 Å². The Bertz CT molecular complexity index is 1850. The third-order valence-corrected chi connectivity index (χ3v) is 6.33. The number of H-pyrrole nitrogens is 1. The molecular weight excluding hydrogens is 457 g/mol. The largest absolute Gasteiger partial charge is 0.488 e. The summed E-state index contributed by atoms with van der Waals surface area (Å²) in [6, 6.07) is 10.6. The van der Waals surface area contributed by atoms with Gasteiger partial charge in [0.1, 0.15) is 5.65 Å². The molecule has 0 fully saturated rings. The molecule has 5 rings (SSSR count). The van der Waals surface area contributed by atoms with E-state index in [1.165, 1.54) is 12.3 Å². The van der Waals surface area contributed by atoms with Crippen molar-refractivity contribution in [2.45, 2.75) is 13.3 Å². The molecule has 2 aromatic carbocycles. The van der Waals surface area contributed by atoms with Gasteiger partial charge in [0.15, 0.2) is 11.2 Å². The number of terminal acetylenes is 1. The number of halogens is 1. The molecule has 0 bridgehead atoms. The van der Waals surface area contributed by atoms with E-state index in [9.17, 15) is 17.1 Å². The first-order valence-electron chi connectivity index (χ1n) is 10.4. The smallest absolute Gasteiger partial charge is 0.357 e. The van der Waals surface area contributed by atoms with Crippen molar-refractivity contribution in [3.8, 4) is 29.2 Å². The van der Waals surface area contributed by atoms with Gasteiger partial charge in [-0.25, -0.2) is 0 Å². The van der Waals surface area contributed by atoms with Crippen molar-refractivity contribution < 1.29 is 16.5 Å². The number of nitrogens with one attached hydrogen (secondary N) is 1. The Morgan fingerprint density at radius 3 is 2.68 bits per heavy atom. The lowest BCUT2D eigenvalue weighted by molar-refractivity contribution is 0.439. The molecule has 0 spiro atoms. The van der Waals surface area contributed by atoms with Crippen molar-refractivity contribution >= 4 is 43.3 Å². The van der Waals surface area contributed by atoms with Gasteiger partial charge in [-0.15, -0.1) is 6.42 Å². The number of rotatable bonds is 4. The van der Waals surface area contributed by atoms with Crippen LogP contribution in [0.1, 0.15) is 18.1 Å². The summed E-state index contributed by atoms with van der Waals surface area (Å²) in [5.41, 5.74) is 4.79. The predicted molar refractivity (Wildman–Crippen MR) is 130 cm³/mol. The van der Waals surface area contributed by atoms with Gasteiger partial charge < -0.3 is 13.7 Å². The Hall–Kier alpha value is -4.16. The van der Waals surface area contributed by atoms with Crippen molar-refractivity contribution in [3.63, 3.8) is 0 Å². The Balaban J connectivity index is 1.81. The summed E-state index contributed by atoms with van der Waals surface area (Å²) in [4.78, 5) is 20.9. The molecule has 9 heteroatoms. The van der Waals surface area contributed by atoms with E-state index < -0.39 is 10.5 Å². The maximum atomic E-state index is 13.6. The molecule has 0 saturated carbocycles. The molecule has 0 aliphatic rings. The molecule has 0 unspecified atom stereocenters. The van der Waals surface area contributed by atoms with Gasteiger partial charge in [0.2, 0.25) is 0 Å². The van der Waals surface area contributed by atoms with E-state index in [1.54, 1.807) is 6.07 Å². The summed E-state index contributed by atoms with van der Waals surface area (Å²) < 4.78 is 41.0. The molecule has 0 amide bonds. The van der Waals surface area contributed by atoms with Gasteiger partial charge >= 0.3 is 10.5 Å². The highest BCUT2D eigenvalue weighted by molar-refractivity contribution is 7.81. The minimum absolute atomic E-state index is 0.109. The van der Waals surface area contributed by atoms with Crippen molar-refractivity contribution in [2.24, 2.45) is 7.05 Å². The lowest BCUT2D eigenvalue weighted by Crippen LogP contribution is -2.09. The van der Waals surface area contributed by atoms with Gasteiger partial charge in [0.25, 0.3) is 0 Å². The van der Waals surface area contributed by atoms with E-state index in [0.29, 0.717) is 39.5 Å². The third kappa shape index (κ3) is 3.49. The van der Waals surface area contributed by atoms with Crippen LogP contribution in [0.5, 0.6) is 5.75 Å². The van der Waals surface area contributed by atoms with E-state index in [2.05, 4.69) is 20.1 Å². The zero-order valence-electron chi connectivity index (χ0n) is 18.2. The fraction of sp³-hybridized carbons (Fsp3) is 0.120. The minimum Gasteiger partial charge on any atom is -0.357 e. The number of nitrogens with zero attached hydrogens (tertiary/aromatic N) is 2. The fourth-order valence-corrected chi connectivity index (χ4v) is 4.71. The number of hydrogen-bond acceptors (Lipinski definition) is 5. The van der Waals surface area contributed by atoms with Crippen LogP contribution in [0.2, 0.25) is 0 Å². The Labute approximate surface area is 194 Å². The van der Waals surface area contributed by atoms with Crippen LogP contribution >= 0.6 is 0 Å². The molecule has 0 saturated heterocycles. The second-order valence-corrected chi connectivity index (χ2v) is 8.86. The van der Waals surface area contributed by atoms with E-state index >= 15 is 0 Å². The number of benzene rings is 2. The summed E-state index contributed by atoms with van der Waals surface area (Å²) in [5, 5.41) is 1.91. The molecule has 3 heterocycles. The van der Waals surface area contributed by atoms with Crippen molar-refractivity contribution in [1.29, 1.82) is 0 Å². The monoisotopic (exact) mass is 475 g/mol. The molecule has 0 aliphatic heterocycles. The average molecular weight is 476 g/mol. The molecular formula is C25H18FN3O4S. The molecule has 3 aromatic heterocycles. The van der Waals surface area contributed by atoms with Crippen LogP contribution in [-0.2, 0) is 24.0 Å². The zero-order chi connectivity index (χ0) is 24.2. The van der Waals surface area contributed by atoms with Crippen LogP contribution in [0.4, 0.5) is 3.89 Å². The van der Waals surface area contributed by atoms with Gasteiger partial charge in [-0.1, -0.05) is 22.8 Å². The standard InChI is InChI=1S/C25H18FN3O4S/c1-4-14-6-7-18-21(8-14)28-25-23(18)24(30)20-10-15(5-2)19(11-22(20)29(25)3)16-9-17(13-27-12-16)33-34(26,31)32/h1,6-13,28H,5H2,2-3H3. The molecule has 0 aliphatic carbocycles. The van der Waals surface area contributed by atoms with Crippen LogP contribution in [0, 0.1) is 12.3 Å². The van der Waals surface area contributed by atoms with Gasteiger partial charge in [-0.2, -0.15) is 8.42 Å². The summed E-state index contributed by atoms with van der Waals surface area (Å²) in [7, 11) is -3.33. The first-order chi connectivity index (χ1) is 16.2. The maximum absolute atomic E-state index is 13.6. The van der Waals surface area contributed by atoms with Crippen LogP contribution < -0.4 is 9.61 Å². The molecule has 170 valence electrons. The zero-order valence-corrected chi connectivity index (χ0v) is 19.0. The van der Waals surface area contributed by atoms with Gasteiger partial charge in [0, 0.05) is 40.7 Å². The summed E-state index contributed by atoms with van der Waals surface area (Å²) in [6.45, 7) is 1.94. The quantitative estimate of drug-likeness (QED) is 0.308. The lowest BCUT2D eigenvalue weighted by Gasteiger charge is -2.14. The number of aromatic amines is 1. The Kier molecular flexibility index (Phi) is 4.92. The number of aryl methyl sites for hydroxylation is 2. The first-order valence-corrected chi connectivity index (χ1v) is 11.7. The molecule has 1 N–H and O–H groups in total. The third-order valence-electron chi connectivity index (χ3n) is 5.94.